The summed E-state index contributed by atoms with van der Waals surface area (Å²) in [6, 6.07) is 12.9. The monoisotopic (exact) mass is 446 g/mol. The first-order chi connectivity index (χ1) is 14.7. The molecule has 0 fully saturated rings. The largest absolute Gasteiger partial charge is 0.451 e. The molecule has 3 aromatic rings. The van der Waals surface area contributed by atoms with E-state index in [-0.39, 0.29) is 34.5 Å². The maximum Gasteiger partial charge on any atom is 0.451 e. The average Bonchev–Trinajstić information content (AvgIpc) is 2.85. The zero-order valence-corrected chi connectivity index (χ0v) is 17.1. The summed E-state index contributed by atoms with van der Waals surface area (Å²) in [5.41, 5.74) is 1.22. The standard InChI is InChI=1S/C21H17F3N4O2S/c1-12-10-17(29)25-15-8-4-5-9-16(15)28(12)18(30)11-31-19-13-6-2-3-7-14(13)26-20(27-19)21(22,23)24/h2-9,12H,10-11H2,1H3,(H,25,29)/t12-/m0/s1. The molecule has 10 heteroatoms. The molecule has 1 atom stereocenters. The number of hydrogen-bond donors (Lipinski definition) is 1. The number of para-hydroxylation sites is 3. The zero-order chi connectivity index (χ0) is 22.2. The highest BCUT2D eigenvalue weighted by Gasteiger charge is 2.36. The molecule has 4 rings (SSSR count). The van der Waals surface area contributed by atoms with Gasteiger partial charge in [-0.3, -0.25) is 9.59 Å². The Balaban J connectivity index is 1.65. The molecule has 0 aliphatic carbocycles. The third kappa shape index (κ3) is 4.34. The quantitative estimate of drug-likeness (QED) is 0.474. The van der Waals surface area contributed by atoms with E-state index in [0.717, 1.165) is 11.8 Å². The van der Waals surface area contributed by atoms with Gasteiger partial charge in [0, 0.05) is 17.8 Å². The van der Waals surface area contributed by atoms with Crippen LogP contribution in [0, 0.1) is 0 Å². The second kappa shape index (κ2) is 8.18. The van der Waals surface area contributed by atoms with Gasteiger partial charge in [-0.2, -0.15) is 13.2 Å². The number of carbonyl (C=O) groups is 2. The Morgan fingerprint density at radius 2 is 1.87 bits per heavy atom. The molecule has 1 aliphatic rings. The van der Waals surface area contributed by atoms with Gasteiger partial charge in [-0.25, -0.2) is 9.97 Å². The molecule has 31 heavy (non-hydrogen) atoms. The molecule has 0 saturated carbocycles. The van der Waals surface area contributed by atoms with Crippen molar-refractivity contribution in [1.29, 1.82) is 0 Å². The lowest BCUT2D eigenvalue weighted by Gasteiger charge is -2.27. The van der Waals surface area contributed by atoms with Gasteiger partial charge >= 0.3 is 6.18 Å². The van der Waals surface area contributed by atoms with Crippen LogP contribution >= 0.6 is 11.8 Å². The molecule has 2 amide bonds. The van der Waals surface area contributed by atoms with Crippen LogP contribution in [0.15, 0.2) is 53.6 Å². The Labute approximate surface area is 179 Å². The summed E-state index contributed by atoms with van der Waals surface area (Å²) < 4.78 is 39.7. The van der Waals surface area contributed by atoms with Crippen LogP contribution in [0.1, 0.15) is 19.2 Å². The number of anilines is 2. The van der Waals surface area contributed by atoms with E-state index in [2.05, 4.69) is 15.3 Å². The smallest absolute Gasteiger partial charge is 0.324 e. The highest BCUT2D eigenvalue weighted by atomic mass is 32.2. The number of halogens is 3. The summed E-state index contributed by atoms with van der Waals surface area (Å²) in [5.74, 6) is -1.94. The van der Waals surface area contributed by atoms with Crippen molar-refractivity contribution in [1.82, 2.24) is 9.97 Å². The van der Waals surface area contributed by atoms with Crippen LogP contribution in [0.25, 0.3) is 10.9 Å². The predicted molar refractivity (Wildman–Crippen MR) is 112 cm³/mol. The molecule has 160 valence electrons. The van der Waals surface area contributed by atoms with Gasteiger partial charge in [0.25, 0.3) is 0 Å². The maximum absolute atomic E-state index is 13.2. The van der Waals surface area contributed by atoms with Crippen molar-refractivity contribution in [3.05, 3.63) is 54.4 Å². The third-order valence-electron chi connectivity index (χ3n) is 4.78. The number of nitrogens with one attached hydrogen (secondary N) is 1. The van der Waals surface area contributed by atoms with Gasteiger partial charge in [0.05, 0.1) is 22.6 Å². The topological polar surface area (TPSA) is 75.2 Å². The number of alkyl halides is 3. The number of benzene rings is 2. The van der Waals surface area contributed by atoms with Gasteiger partial charge in [-0.15, -0.1) is 0 Å². The van der Waals surface area contributed by atoms with Crippen LogP contribution in [0.4, 0.5) is 24.5 Å². The molecule has 1 aliphatic heterocycles. The first-order valence-corrected chi connectivity index (χ1v) is 10.4. The van der Waals surface area contributed by atoms with Crippen molar-refractivity contribution in [2.75, 3.05) is 16.0 Å². The summed E-state index contributed by atoms with van der Waals surface area (Å²) >= 11 is 0.919. The lowest BCUT2D eigenvalue weighted by molar-refractivity contribution is -0.145. The molecule has 1 aromatic heterocycles. The van der Waals surface area contributed by atoms with Crippen LogP contribution in [-0.4, -0.2) is 33.6 Å². The number of rotatable bonds is 3. The molecule has 0 saturated heterocycles. The lowest BCUT2D eigenvalue weighted by atomic mass is 10.2. The van der Waals surface area contributed by atoms with E-state index in [9.17, 15) is 22.8 Å². The Morgan fingerprint density at radius 1 is 1.16 bits per heavy atom. The van der Waals surface area contributed by atoms with Crippen molar-refractivity contribution in [3.63, 3.8) is 0 Å². The minimum absolute atomic E-state index is 0.0798. The first kappa shape index (κ1) is 21.1. The van der Waals surface area contributed by atoms with Crippen molar-refractivity contribution in [2.24, 2.45) is 0 Å². The number of hydrogen-bond acceptors (Lipinski definition) is 5. The van der Waals surface area contributed by atoms with Gasteiger partial charge in [0.2, 0.25) is 17.6 Å². The Hall–Kier alpha value is -3.14. The van der Waals surface area contributed by atoms with Gasteiger partial charge < -0.3 is 10.2 Å². The summed E-state index contributed by atoms with van der Waals surface area (Å²) in [7, 11) is 0. The van der Waals surface area contributed by atoms with E-state index in [4.69, 9.17) is 0 Å². The zero-order valence-electron chi connectivity index (χ0n) is 16.3. The van der Waals surface area contributed by atoms with Crippen molar-refractivity contribution in [2.45, 2.75) is 30.6 Å². The molecule has 2 aromatic carbocycles. The highest BCUT2D eigenvalue weighted by molar-refractivity contribution is 8.00. The van der Waals surface area contributed by atoms with E-state index in [1.807, 2.05) is 0 Å². The fourth-order valence-corrected chi connectivity index (χ4v) is 4.33. The van der Waals surface area contributed by atoms with Crippen LogP contribution < -0.4 is 10.2 Å². The number of amides is 2. The van der Waals surface area contributed by atoms with Crippen LogP contribution in [-0.2, 0) is 15.8 Å². The molecule has 6 nitrogen and oxygen atoms in total. The average molecular weight is 446 g/mol. The summed E-state index contributed by atoms with van der Waals surface area (Å²) in [6.45, 7) is 1.76. The maximum atomic E-state index is 13.2. The molecule has 0 spiro atoms. The van der Waals surface area contributed by atoms with E-state index in [1.54, 1.807) is 49.4 Å². The van der Waals surface area contributed by atoms with Crippen molar-refractivity contribution in [3.8, 4) is 0 Å². The Bertz CT molecular complexity index is 1170. The fourth-order valence-electron chi connectivity index (χ4n) is 3.45. The van der Waals surface area contributed by atoms with Gasteiger partial charge in [-0.1, -0.05) is 42.1 Å². The second-order valence-electron chi connectivity index (χ2n) is 7.04. The summed E-state index contributed by atoms with van der Waals surface area (Å²) in [6.07, 6.45) is -4.59. The summed E-state index contributed by atoms with van der Waals surface area (Å²) in [4.78, 5) is 34.0. The molecule has 0 unspecified atom stereocenters. The van der Waals surface area contributed by atoms with Crippen molar-refractivity contribution >= 4 is 45.9 Å². The molecule has 0 radical (unpaired) electrons. The molecule has 0 bridgehead atoms. The van der Waals surface area contributed by atoms with Crippen LogP contribution in [0.5, 0.6) is 0 Å². The molecule has 1 N–H and O–H groups in total. The lowest BCUT2D eigenvalue weighted by Crippen LogP contribution is -2.40. The minimum Gasteiger partial charge on any atom is -0.324 e. The number of aromatic nitrogens is 2. The number of fused-ring (bicyclic) bond motifs is 2. The van der Waals surface area contributed by atoms with Gasteiger partial charge in [-0.05, 0) is 25.1 Å². The summed E-state index contributed by atoms with van der Waals surface area (Å²) in [5, 5.41) is 3.29. The van der Waals surface area contributed by atoms with E-state index in [1.165, 1.54) is 11.0 Å². The highest BCUT2D eigenvalue weighted by Crippen LogP contribution is 2.34. The number of thioether (sulfide) groups is 1. The molecular weight excluding hydrogens is 429 g/mol. The molecular formula is C21H17F3N4O2S. The van der Waals surface area contributed by atoms with Crippen LogP contribution in [0.2, 0.25) is 0 Å². The third-order valence-corrected chi connectivity index (χ3v) is 5.76. The van der Waals surface area contributed by atoms with Gasteiger partial charge in [0.1, 0.15) is 5.03 Å². The van der Waals surface area contributed by atoms with E-state index in [0.29, 0.717) is 16.8 Å². The second-order valence-corrected chi connectivity index (χ2v) is 8.00. The number of carbonyl (C=O) groups excluding carboxylic acids is 2. The van der Waals surface area contributed by atoms with E-state index >= 15 is 0 Å². The van der Waals surface area contributed by atoms with Gasteiger partial charge in [0.15, 0.2) is 0 Å². The SMILES string of the molecule is C[C@H]1CC(=O)Nc2ccccc2N1C(=O)CSc1nc(C(F)(F)F)nc2ccccc12. The minimum atomic E-state index is -4.70. The molecule has 2 heterocycles. The Morgan fingerprint density at radius 3 is 2.65 bits per heavy atom. The number of nitrogens with zero attached hydrogens (tertiary/aromatic N) is 3. The predicted octanol–water partition coefficient (Wildman–Crippen LogP) is 4.50. The first-order valence-electron chi connectivity index (χ1n) is 9.42. The fraction of sp³-hybridized carbons (Fsp3) is 0.238. The van der Waals surface area contributed by atoms with Crippen molar-refractivity contribution < 1.29 is 22.8 Å². The normalized spacial score (nSPS) is 16.6. The van der Waals surface area contributed by atoms with Crippen LogP contribution in [0.3, 0.4) is 0 Å². The van der Waals surface area contributed by atoms with E-state index < -0.39 is 18.0 Å². The Kier molecular flexibility index (Phi) is 5.57.